The molecular weight excluding hydrogens is 396 g/mol. The Hall–Kier alpha value is -1.03. The number of thiophene rings is 1. The van der Waals surface area contributed by atoms with Crippen molar-refractivity contribution >= 4 is 55.5 Å². The molecular formula is C17H20AlCl2NO3S. The van der Waals surface area contributed by atoms with Gasteiger partial charge >= 0.3 is 12.6 Å². The number of ether oxygens (including phenoxy) is 2. The van der Waals surface area contributed by atoms with Crippen LogP contribution in [0.15, 0.2) is 47.7 Å². The van der Waals surface area contributed by atoms with Crippen LogP contribution in [-0.2, 0) is 8.53 Å². The van der Waals surface area contributed by atoms with E-state index in [1.807, 2.05) is 48.7 Å². The Morgan fingerprint density at radius 1 is 1.16 bits per heavy atom. The molecule has 4 nitrogen and oxygen atoms in total. The highest BCUT2D eigenvalue weighted by atomic mass is 35.7. The lowest BCUT2D eigenvalue weighted by Gasteiger charge is -2.28. The van der Waals surface area contributed by atoms with Gasteiger partial charge in [0.1, 0.15) is 11.4 Å². The number of hydrogen-bond acceptors (Lipinski definition) is 5. The molecule has 0 unspecified atom stereocenters. The number of halogens is 2. The minimum atomic E-state index is -2.36. The van der Waals surface area contributed by atoms with Crippen LogP contribution in [0.1, 0.15) is 18.7 Å². The quantitative estimate of drug-likeness (QED) is 0.403. The van der Waals surface area contributed by atoms with Gasteiger partial charge in [-0.3, -0.25) is 0 Å². The summed E-state index contributed by atoms with van der Waals surface area (Å²) in [6, 6.07) is 11.8. The van der Waals surface area contributed by atoms with E-state index in [9.17, 15) is 0 Å². The van der Waals surface area contributed by atoms with E-state index in [1.165, 1.54) is 0 Å². The van der Waals surface area contributed by atoms with Gasteiger partial charge in [-0.1, -0.05) is 6.07 Å². The van der Waals surface area contributed by atoms with E-state index in [4.69, 9.17) is 33.4 Å². The highest BCUT2D eigenvalue weighted by Gasteiger charge is 2.27. The first-order valence-corrected chi connectivity index (χ1v) is 12.7. The Labute approximate surface area is 165 Å². The summed E-state index contributed by atoms with van der Waals surface area (Å²) in [5.74, 6) is 1.17. The van der Waals surface area contributed by atoms with Crippen LogP contribution >= 0.6 is 31.4 Å². The number of nitrogens with zero attached hydrogens (tertiary/aromatic N) is 1. The van der Waals surface area contributed by atoms with Crippen molar-refractivity contribution in [3.05, 3.63) is 52.6 Å². The summed E-state index contributed by atoms with van der Waals surface area (Å²) >= 11 is -0.757. The fourth-order valence-electron chi connectivity index (χ4n) is 2.36. The summed E-state index contributed by atoms with van der Waals surface area (Å²) in [5.41, 5.74) is 1.82. The zero-order chi connectivity index (χ0) is 18.2. The molecule has 134 valence electrons. The molecule has 0 atom stereocenters. The zero-order valence-corrected chi connectivity index (χ0v) is 17.9. The minimum Gasteiger partial charge on any atom is -0.592 e. The topological polar surface area (TPSA) is 30.9 Å². The number of hydrogen-bond donors (Lipinski definition) is 0. The van der Waals surface area contributed by atoms with Crippen molar-refractivity contribution in [1.82, 2.24) is 0 Å². The highest BCUT2D eigenvalue weighted by Crippen LogP contribution is 2.33. The van der Waals surface area contributed by atoms with Gasteiger partial charge in [-0.2, -0.15) is 20.1 Å². The largest absolute Gasteiger partial charge is 0.817 e. The number of methoxy groups -OCH3 is 1. The molecule has 0 aliphatic rings. The molecule has 0 saturated carbocycles. The van der Waals surface area contributed by atoms with E-state index >= 15 is 0 Å². The van der Waals surface area contributed by atoms with E-state index < -0.39 is 12.6 Å². The molecule has 1 aromatic carbocycles. The predicted molar refractivity (Wildman–Crippen MR) is 107 cm³/mol. The monoisotopic (exact) mass is 415 g/mol. The van der Waals surface area contributed by atoms with E-state index in [0.717, 1.165) is 28.6 Å². The summed E-state index contributed by atoms with van der Waals surface area (Å²) in [4.78, 5) is 3.13. The minimum absolute atomic E-state index is 0.365. The maximum atomic E-state index is 5.98. The molecule has 0 spiro atoms. The Balaban J connectivity index is 2.54. The van der Waals surface area contributed by atoms with Gasteiger partial charge in [0.05, 0.1) is 18.6 Å². The standard InChI is InChI=1S/C17H21NO3S.Al.2ClH/c1-4-18(13-8-10-14(20-3)11-9-13)16(17(19)21-5-2)15-7-6-12-22-15;;;/h6-12,19H,4-5H2,1-3H3;;2*1H/q;+3;;/p-3/b17-16+;;;. The summed E-state index contributed by atoms with van der Waals surface area (Å²) in [6.07, 6.45) is 0. The van der Waals surface area contributed by atoms with Crippen LogP contribution in [0.4, 0.5) is 5.69 Å². The first-order chi connectivity index (χ1) is 12.1. The third kappa shape index (κ3) is 5.47. The van der Waals surface area contributed by atoms with Crippen molar-refractivity contribution in [2.45, 2.75) is 13.8 Å². The third-order valence-electron chi connectivity index (χ3n) is 3.39. The van der Waals surface area contributed by atoms with Gasteiger partial charge in [0, 0.05) is 12.2 Å². The fraction of sp³-hybridized carbons (Fsp3) is 0.294. The van der Waals surface area contributed by atoms with Gasteiger partial charge in [0.2, 0.25) is 0 Å². The lowest BCUT2D eigenvalue weighted by atomic mass is 10.2. The Kier molecular flexibility index (Phi) is 8.28. The maximum Gasteiger partial charge on any atom is 0.817 e. The van der Waals surface area contributed by atoms with Crippen LogP contribution in [0, 0.1) is 0 Å². The Morgan fingerprint density at radius 3 is 2.36 bits per heavy atom. The van der Waals surface area contributed by atoms with Crippen LogP contribution in [0.25, 0.3) is 5.70 Å². The van der Waals surface area contributed by atoms with Crippen molar-refractivity contribution in [3.8, 4) is 5.75 Å². The van der Waals surface area contributed by atoms with Crippen LogP contribution in [0.5, 0.6) is 5.75 Å². The average molecular weight is 416 g/mol. The lowest BCUT2D eigenvalue weighted by Crippen LogP contribution is -2.24. The molecule has 0 bridgehead atoms. The van der Waals surface area contributed by atoms with Crippen LogP contribution in [0.3, 0.4) is 0 Å². The van der Waals surface area contributed by atoms with E-state index in [2.05, 4.69) is 11.8 Å². The van der Waals surface area contributed by atoms with Crippen LogP contribution in [0.2, 0.25) is 0 Å². The molecule has 25 heavy (non-hydrogen) atoms. The average Bonchev–Trinajstić information content (AvgIpc) is 3.13. The molecule has 8 heteroatoms. The van der Waals surface area contributed by atoms with Crippen molar-refractivity contribution in [2.24, 2.45) is 0 Å². The van der Waals surface area contributed by atoms with E-state index in [1.54, 1.807) is 18.4 Å². The SMILES string of the molecule is CCO/C([O][Al]([Cl])[Cl])=C(\c1cccs1)N(CC)c1ccc(OC)cc1. The van der Waals surface area contributed by atoms with Crippen molar-refractivity contribution < 1.29 is 13.3 Å². The highest BCUT2D eigenvalue weighted by molar-refractivity contribution is 7.30. The van der Waals surface area contributed by atoms with Gasteiger partial charge in [-0.25, -0.2) is 0 Å². The molecule has 0 aliphatic carbocycles. The Bertz CT molecular complexity index is 678. The molecule has 0 amide bonds. The van der Waals surface area contributed by atoms with Gasteiger partial charge in [0.25, 0.3) is 5.95 Å². The predicted octanol–water partition coefficient (Wildman–Crippen LogP) is 5.42. The molecule has 0 N–H and O–H groups in total. The number of rotatable bonds is 9. The third-order valence-corrected chi connectivity index (χ3v) is 5.19. The lowest BCUT2D eigenvalue weighted by molar-refractivity contribution is 0.122. The second kappa shape index (κ2) is 10.2. The molecule has 0 fully saturated rings. The molecule has 2 aromatic rings. The number of benzene rings is 1. The van der Waals surface area contributed by atoms with Gasteiger partial charge in [-0.15, -0.1) is 11.3 Å². The summed E-state index contributed by atoms with van der Waals surface area (Å²) < 4.78 is 16.7. The van der Waals surface area contributed by atoms with Crippen molar-refractivity contribution in [2.75, 3.05) is 25.2 Å². The summed E-state index contributed by atoms with van der Waals surface area (Å²) in [5, 5.41) is 2.01. The first kappa shape index (κ1) is 20.3. The Morgan fingerprint density at radius 2 is 1.88 bits per heavy atom. The van der Waals surface area contributed by atoms with Gasteiger partial charge < -0.3 is 18.2 Å². The smallest absolute Gasteiger partial charge is 0.592 e. The molecule has 0 aliphatic heterocycles. The van der Waals surface area contributed by atoms with Gasteiger partial charge in [0.15, 0.2) is 0 Å². The second-order valence-corrected chi connectivity index (χ2v) is 9.62. The maximum absolute atomic E-state index is 5.98. The summed E-state index contributed by atoms with van der Waals surface area (Å²) in [7, 11) is 13.6. The van der Waals surface area contributed by atoms with Crippen LogP contribution in [-0.4, -0.2) is 32.9 Å². The molecule has 2 rings (SSSR count). The second-order valence-electron chi connectivity index (χ2n) is 4.87. The number of anilines is 1. The summed E-state index contributed by atoms with van der Waals surface area (Å²) in [6.45, 7) is 5.14. The van der Waals surface area contributed by atoms with Gasteiger partial charge in [-0.05, 0) is 49.6 Å². The van der Waals surface area contributed by atoms with E-state index in [0.29, 0.717) is 12.6 Å². The normalized spacial score (nSPS) is 11.6. The zero-order valence-electron chi connectivity index (χ0n) is 14.4. The first-order valence-electron chi connectivity index (χ1n) is 7.88. The van der Waals surface area contributed by atoms with Crippen molar-refractivity contribution in [1.29, 1.82) is 0 Å². The molecule has 1 aromatic heterocycles. The van der Waals surface area contributed by atoms with Crippen molar-refractivity contribution in [3.63, 3.8) is 0 Å². The molecule has 0 saturated heterocycles. The molecule has 1 heterocycles. The molecule has 0 radical (unpaired) electrons. The fourth-order valence-corrected chi connectivity index (χ4v) is 3.95. The van der Waals surface area contributed by atoms with Crippen LogP contribution < -0.4 is 9.64 Å². The van der Waals surface area contributed by atoms with E-state index in [-0.39, 0.29) is 0 Å².